The summed E-state index contributed by atoms with van der Waals surface area (Å²) >= 11 is 0. The van der Waals surface area contributed by atoms with Crippen molar-refractivity contribution < 1.29 is 4.79 Å². The first kappa shape index (κ1) is 14.0. The van der Waals surface area contributed by atoms with Gasteiger partial charge >= 0.3 is 0 Å². The van der Waals surface area contributed by atoms with Crippen LogP contribution in [-0.2, 0) is 6.42 Å². The summed E-state index contributed by atoms with van der Waals surface area (Å²) in [6.45, 7) is 8.56. The number of hydrogen-bond acceptors (Lipinski definition) is 1. The Morgan fingerprint density at radius 1 is 1.24 bits per heavy atom. The van der Waals surface area contributed by atoms with E-state index in [2.05, 4.69) is 32.9 Å². The van der Waals surface area contributed by atoms with Crippen LogP contribution in [-0.4, -0.2) is 5.78 Å². The Balaban J connectivity index is 2.80. The summed E-state index contributed by atoms with van der Waals surface area (Å²) < 4.78 is 0. The van der Waals surface area contributed by atoms with E-state index in [4.69, 9.17) is 0 Å². The lowest BCUT2D eigenvalue weighted by Gasteiger charge is -2.11. The summed E-state index contributed by atoms with van der Waals surface area (Å²) in [5, 5.41) is 0. The highest BCUT2D eigenvalue weighted by Crippen LogP contribution is 2.16. The normalized spacial score (nSPS) is 12.8. The minimum atomic E-state index is 0.147. The van der Waals surface area contributed by atoms with Gasteiger partial charge in [0.15, 0.2) is 5.78 Å². The lowest BCUT2D eigenvalue weighted by atomic mass is 9.93. The highest BCUT2D eigenvalue weighted by atomic mass is 16.1. The molecule has 0 bridgehead atoms. The van der Waals surface area contributed by atoms with Gasteiger partial charge in [-0.3, -0.25) is 4.79 Å². The van der Waals surface area contributed by atoms with Gasteiger partial charge in [-0.25, -0.2) is 0 Å². The zero-order valence-electron chi connectivity index (χ0n) is 11.5. The molecule has 0 fully saturated rings. The van der Waals surface area contributed by atoms with E-state index in [0.29, 0.717) is 5.92 Å². The van der Waals surface area contributed by atoms with Crippen LogP contribution in [0.5, 0.6) is 0 Å². The molecule has 0 aromatic heterocycles. The third-order valence-corrected chi connectivity index (χ3v) is 3.02. The second kappa shape index (κ2) is 6.58. The van der Waals surface area contributed by atoms with Crippen LogP contribution in [0.1, 0.15) is 56.5 Å². The molecule has 17 heavy (non-hydrogen) atoms. The SMILES string of the molecule is CCCC(C)C(=O)c1cccc(CC(C)C)c1. The minimum absolute atomic E-state index is 0.147. The van der Waals surface area contributed by atoms with Crippen molar-refractivity contribution in [3.63, 3.8) is 0 Å². The average molecular weight is 232 g/mol. The van der Waals surface area contributed by atoms with Crippen LogP contribution in [0.3, 0.4) is 0 Å². The van der Waals surface area contributed by atoms with E-state index in [1.807, 2.05) is 19.1 Å². The molecule has 1 unspecified atom stereocenters. The molecule has 0 aliphatic carbocycles. The summed E-state index contributed by atoms with van der Waals surface area (Å²) in [5.41, 5.74) is 2.15. The van der Waals surface area contributed by atoms with Crippen molar-refractivity contribution >= 4 is 5.78 Å². The van der Waals surface area contributed by atoms with Crippen molar-refractivity contribution in [3.8, 4) is 0 Å². The summed E-state index contributed by atoms with van der Waals surface area (Å²) in [6, 6.07) is 8.12. The highest BCUT2D eigenvalue weighted by Gasteiger charge is 2.14. The lowest BCUT2D eigenvalue weighted by molar-refractivity contribution is 0.0923. The van der Waals surface area contributed by atoms with Gasteiger partial charge in [0.1, 0.15) is 0 Å². The van der Waals surface area contributed by atoms with Crippen molar-refractivity contribution in [1.82, 2.24) is 0 Å². The number of carbonyl (C=O) groups is 1. The molecule has 1 rings (SSSR count). The zero-order chi connectivity index (χ0) is 12.8. The summed E-state index contributed by atoms with van der Waals surface area (Å²) in [5.74, 6) is 1.07. The number of hydrogen-bond donors (Lipinski definition) is 0. The molecule has 1 heteroatoms. The van der Waals surface area contributed by atoms with Crippen LogP contribution in [0.4, 0.5) is 0 Å². The van der Waals surface area contributed by atoms with Gasteiger partial charge in [0.05, 0.1) is 0 Å². The topological polar surface area (TPSA) is 17.1 Å². The molecule has 0 saturated heterocycles. The number of benzene rings is 1. The van der Waals surface area contributed by atoms with E-state index in [1.54, 1.807) is 0 Å². The Hall–Kier alpha value is -1.11. The molecule has 0 saturated carbocycles. The van der Waals surface area contributed by atoms with Crippen molar-refractivity contribution in [2.45, 2.75) is 47.0 Å². The molecule has 1 atom stereocenters. The van der Waals surface area contributed by atoms with Crippen molar-refractivity contribution in [1.29, 1.82) is 0 Å². The van der Waals surface area contributed by atoms with Crippen LogP contribution < -0.4 is 0 Å². The second-order valence-electron chi connectivity index (χ2n) is 5.35. The smallest absolute Gasteiger partial charge is 0.165 e. The van der Waals surface area contributed by atoms with Gasteiger partial charge in [0, 0.05) is 11.5 Å². The van der Waals surface area contributed by atoms with Crippen LogP contribution in [0.2, 0.25) is 0 Å². The van der Waals surface area contributed by atoms with Crippen LogP contribution >= 0.6 is 0 Å². The predicted molar refractivity (Wildman–Crippen MR) is 73.4 cm³/mol. The average Bonchev–Trinajstić information content (AvgIpc) is 2.28. The molecule has 0 radical (unpaired) electrons. The van der Waals surface area contributed by atoms with Crippen LogP contribution in [0, 0.1) is 11.8 Å². The molecule has 0 heterocycles. The number of Topliss-reactive ketones (excluding diaryl/α,β-unsaturated/α-hetero) is 1. The lowest BCUT2D eigenvalue weighted by Crippen LogP contribution is -2.11. The van der Waals surface area contributed by atoms with Crippen molar-refractivity contribution in [2.75, 3.05) is 0 Å². The van der Waals surface area contributed by atoms with Gasteiger partial charge in [-0.05, 0) is 30.4 Å². The van der Waals surface area contributed by atoms with Crippen molar-refractivity contribution in [2.24, 2.45) is 11.8 Å². The Morgan fingerprint density at radius 2 is 1.94 bits per heavy atom. The first-order chi connectivity index (χ1) is 8.04. The predicted octanol–water partition coefficient (Wildman–Crippen LogP) is 4.50. The number of carbonyl (C=O) groups excluding carboxylic acids is 1. The molecule has 94 valence electrons. The molecule has 1 nitrogen and oxygen atoms in total. The molecule has 0 aliphatic heterocycles. The summed E-state index contributed by atoms with van der Waals surface area (Å²) in [7, 11) is 0. The minimum Gasteiger partial charge on any atom is -0.294 e. The molecule has 1 aromatic rings. The Labute approximate surface area is 105 Å². The number of rotatable bonds is 6. The molecule has 0 spiro atoms. The molecular formula is C16H24O. The van der Waals surface area contributed by atoms with E-state index >= 15 is 0 Å². The molecule has 1 aromatic carbocycles. The van der Waals surface area contributed by atoms with Gasteiger partial charge in [-0.2, -0.15) is 0 Å². The highest BCUT2D eigenvalue weighted by molar-refractivity contribution is 5.97. The number of ketones is 1. The van der Waals surface area contributed by atoms with Crippen LogP contribution in [0.25, 0.3) is 0 Å². The Bertz CT molecular complexity index is 366. The maximum atomic E-state index is 12.2. The van der Waals surface area contributed by atoms with E-state index in [1.165, 1.54) is 5.56 Å². The monoisotopic (exact) mass is 232 g/mol. The summed E-state index contributed by atoms with van der Waals surface area (Å²) in [6.07, 6.45) is 3.09. The van der Waals surface area contributed by atoms with Gasteiger partial charge in [-0.15, -0.1) is 0 Å². The van der Waals surface area contributed by atoms with Crippen LogP contribution in [0.15, 0.2) is 24.3 Å². The van der Waals surface area contributed by atoms with Gasteiger partial charge in [0.2, 0.25) is 0 Å². The first-order valence-electron chi connectivity index (χ1n) is 6.67. The fourth-order valence-corrected chi connectivity index (χ4v) is 2.17. The molecular weight excluding hydrogens is 208 g/mol. The van der Waals surface area contributed by atoms with E-state index in [9.17, 15) is 4.79 Å². The van der Waals surface area contributed by atoms with Crippen molar-refractivity contribution in [3.05, 3.63) is 35.4 Å². The fourth-order valence-electron chi connectivity index (χ4n) is 2.17. The standard InChI is InChI=1S/C16H24O/c1-5-7-13(4)16(17)15-9-6-8-14(11-15)10-12(2)3/h6,8-9,11-13H,5,7,10H2,1-4H3. The second-order valence-corrected chi connectivity index (χ2v) is 5.35. The molecule has 0 aliphatic rings. The maximum Gasteiger partial charge on any atom is 0.165 e. The molecule has 0 N–H and O–H groups in total. The Morgan fingerprint density at radius 3 is 2.53 bits per heavy atom. The first-order valence-corrected chi connectivity index (χ1v) is 6.67. The van der Waals surface area contributed by atoms with E-state index in [-0.39, 0.29) is 11.7 Å². The van der Waals surface area contributed by atoms with Gasteiger partial charge in [0.25, 0.3) is 0 Å². The molecule has 0 amide bonds. The summed E-state index contributed by atoms with van der Waals surface area (Å²) in [4.78, 5) is 12.2. The largest absolute Gasteiger partial charge is 0.294 e. The van der Waals surface area contributed by atoms with Gasteiger partial charge in [-0.1, -0.05) is 52.3 Å². The van der Waals surface area contributed by atoms with E-state index < -0.39 is 0 Å². The quantitative estimate of drug-likeness (QED) is 0.660. The van der Waals surface area contributed by atoms with E-state index in [0.717, 1.165) is 24.8 Å². The van der Waals surface area contributed by atoms with Gasteiger partial charge < -0.3 is 0 Å². The third-order valence-electron chi connectivity index (χ3n) is 3.02. The third kappa shape index (κ3) is 4.33. The zero-order valence-corrected chi connectivity index (χ0v) is 11.5. The Kier molecular flexibility index (Phi) is 5.40. The fraction of sp³-hybridized carbons (Fsp3) is 0.562. The maximum absolute atomic E-state index is 12.2.